The first kappa shape index (κ1) is 17.1. The zero-order valence-electron chi connectivity index (χ0n) is 14.5. The van der Waals surface area contributed by atoms with E-state index in [-0.39, 0.29) is 29.0 Å². The fourth-order valence-corrected chi connectivity index (χ4v) is 3.84. The van der Waals surface area contributed by atoms with E-state index in [1.165, 1.54) is 14.2 Å². The summed E-state index contributed by atoms with van der Waals surface area (Å²) in [5.74, 6) is -1.73. The van der Waals surface area contributed by atoms with Crippen LogP contribution in [-0.4, -0.2) is 32.1 Å². The average molecular weight is 340 g/mol. The van der Waals surface area contributed by atoms with E-state index in [1.54, 1.807) is 6.92 Å². The third-order valence-corrected chi connectivity index (χ3v) is 5.07. The average Bonchev–Trinajstić information content (AvgIpc) is 2.64. The number of fused-ring (bicyclic) bond motifs is 1. The molecule has 0 saturated carbocycles. The second-order valence-electron chi connectivity index (χ2n) is 6.28. The molecule has 2 aliphatic carbocycles. The maximum atomic E-state index is 13.1. The molecule has 2 atom stereocenters. The van der Waals surface area contributed by atoms with E-state index in [4.69, 9.17) is 9.47 Å². The highest BCUT2D eigenvalue weighted by Gasteiger charge is 2.42. The number of hydrogen-bond donors (Lipinski definition) is 0. The lowest BCUT2D eigenvalue weighted by atomic mass is 9.68. The van der Waals surface area contributed by atoms with Crippen LogP contribution >= 0.6 is 0 Å². The minimum absolute atomic E-state index is 0.0829. The normalized spacial score (nSPS) is 23.5. The van der Waals surface area contributed by atoms with Gasteiger partial charge in [-0.3, -0.25) is 9.59 Å². The van der Waals surface area contributed by atoms with Crippen molar-refractivity contribution < 1.29 is 23.9 Å². The van der Waals surface area contributed by atoms with Crippen LogP contribution in [0.3, 0.4) is 0 Å². The summed E-state index contributed by atoms with van der Waals surface area (Å²) in [4.78, 5) is 37.4. The Hall–Kier alpha value is -2.69. The lowest BCUT2D eigenvalue weighted by Gasteiger charge is -2.34. The van der Waals surface area contributed by atoms with Gasteiger partial charge in [0.2, 0.25) is 23.1 Å². The van der Waals surface area contributed by atoms with Gasteiger partial charge in [0.05, 0.1) is 14.2 Å². The van der Waals surface area contributed by atoms with E-state index < -0.39 is 5.92 Å². The van der Waals surface area contributed by atoms with Crippen molar-refractivity contribution >= 4 is 17.9 Å². The first-order valence-electron chi connectivity index (χ1n) is 8.20. The second kappa shape index (κ2) is 6.67. The van der Waals surface area contributed by atoms with Crippen LogP contribution in [0.4, 0.5) is 0 Å². The topological polar surface area (TPSA) is 69.7 Å². The van der Waals surface area contributed by atoms with Gasteiger partial charge in [0.15, 0.2) is 0 Å². The van der Waals surface area contributed by atoms with Crippen molar-refractivity contribution in [1.82, 2.24) is 0 Å². The van der Waals surface area contributed by atoms with Gasteiger partial charge < -0.3 is 14.3 Å². The minimum Gasteiger partial charge on any atom is -0.489 e. The van der Waals surface area contributed by atoms with Crippen LogP contribution in [0.15, 0.2) is 46.9 Å². The molecular formula is C20H20O5. The van der Waals surface area contributed by atoms with Crippen molar-refractivity contribution in [3.8, 4) is 0 Å². The van der Waals surface area contributed by atoms with E-state index in [9.17, 15) is 14.4 Å². The lowest BCUT2D eigenvalue weighted by molar-refractivity contribution is -0.121. The Morgan fingerprint density at radius 2 is 1.68 bits per heavy atom. The van der Waals surface area contributed by atoms with Crippen molar-refractivity contribution in [2.75, 3.05) is 14.2 Å². The monoisotopic (exact) mass is 340 g/mol. The van der Waals surface area contributed by atoms with Crippen LogP contribution in [-0.2, 0) is 30.3 Å². The fourth-order valence-electron chi connectivity index (χ4n) is 3.84. The molecule has 25 heavy (non-hydrogen) atoms. The van der Waals surface area contributed by atoms with Gasteiger partial charge in [0.25, 0.3) is 0 Å². The van der Waals surface area contributed by atoms with Crippen LogP contribution < -0.4 is 0 Å². The number of rotatable bonds is 4. The molecule has 1 aromatic rings. The quantitative estimate of drug-likeness (QED) is 0.622. The molecule has 0 aromatic heterocycles. The number of hydrogen-bond acceptors (Lipinski definition) is 5. The predicted molar refractivity (Wildman–Crippen MR) is 90.8 cm³/mol. The van der Waals surface area contributed by atoms with Crippen LogP contribution in [0.25, 0.3) is 0 Å². The van der Waals surface area contributed by atoms with Crippen LogP contribution in [0.5, 0.6) is 0 Å². The van der Waals surface area contributed by atoms with Crippen molar-refractivity contribution in [3.63, 3.8) is 0 Å². The number of benzene rings is 1. The van der Waals surface area contributed by atoms with Crippen molar-refractivity contribution in [1.29, 1.82) is 0 Å². The van der Waals surface area contributed by atoms with Gasteiger partial charge in [-0.15, -0.1) is 0 Å². The first-order chi connectivity index (χ1) is 12.0. The molecule has 3 rings (SSSR count). The Kier molecular flexibility index (Phi) is 4.57. The largest absolute Gasteiger partial charge is 0.489 e. The lowest BCUT2D eigenvalue weighted by Crippen LogP contribution is -2.33. The van der Waals surface area contributed by atoms with Crippen LogP contribution in [0.1, 0.15) is 30.4 Å². The van der Waals surface area contributed by atoms with E-state index in [2.05, 4.69) is 0 Å². The highest BCUT2D eigenvalue weighted by Crippen LogP contribution is 2.44. The van der Waals surface area contributed by atoms with Gasteiger partial charge >= 0.3 is 0 Å². The SMILES string of the molecule is COC1=C(OC)C(=O)C(C2c3ccccc3CCC2C=O)=C(C)C1=O. The van der Waals surface area contributed by atoms with Crippen LogP contribution in [0, 0.1) is 5.92 Å². The Bertz CT molecular complexity index is 815. The number of ether oxygens (including phenoxy) is 2. The number of aryl methyl sites for hydroxylation is 1. The summed E-state index contributed by atoms with van der Waals surface area (Å²) in [6.07, 6.45) is 2.31. The number of allylic oxidation sites excluding steroid dienone is 2. The first-order valence-corrected chi connectivity index (χ1v) is 8.20. The molecule has 1 aromatic carbocycles. The van der Waals surface area contributed by atoms with Crippen molar-refractivity contribution in [3.05, 3.63) is 58.1 Å². The van der Waals surface area contributed by atoms with Crippen LogP contribution in [0.2, 0.25) is 0 Å². The van der Waals surface area contributed by atoms with E-state index in [0.717, 1.165) is 23.8 Å². The van der Waals surface area contributed by atoms with E-state index >= 15 is 0 Å². The molecular weight excluding hydrogens is 320 g/mol. The smallest absolute Gasteiger partial charge is 0.228 e. The maximum Gasteiger partial charge on any atom is 0.228 e. The third-order valence-electron chi connectivity index (χ3n) is 5.07. The van der Waals surface area contributed by atoms with Gasteiger partial charge in [-0.2, -0.15) is 0 Å². The molecule has 0 amide bonds. The van der Waals surface area contributed by atoms with Gasteiger partial charge in [0, 0.05) is 23.0 Å². The third kappa shape index (κ3) is 2.60. The predicted octanol–water partition coefficient (Wildman–Crippen LogP) is 2.50. The highest BCUT2D eigenvalue weighted by molar-refractivity contribution is 6.24. The molecule has 130 valence electrons. The zero-order chi connectivity index (χ0) is 18.1. The number of carbonyl (C=O) groups excluding carboxylic acids is 3. The molecule has 0 aliphatic heterocycles. The molecule has 5 heteroatoms. The van der Waals surface area contributed by atoms with Crippen molar-refractivity contribution in [2.24, 2.45) is 5.92 Å². The Labute approximate surface area is 146 Å². The molecule has 0 fully saturated rings. The maximum absolute atomic E-state index is 13.1. The van der Waals surface area contributed by atoms with Gasteiger partial charge in [0.1, 0.15) is 6.29 Å². The molecule has 2 aliphatic rings. The highest BCUT2D eigenvalue weighted by atomic mass is 16.5. The molecule has 0 radical (unpaired) electrons. The molecule has 0 saturated heterocycles. The fraction of sp³-hybridized carbons (Fsp3) is 0.350. The summed E-state index contributed by atoms with van der Waals surface area (Å²) in [6, 6.07) is 7.76. The van der Waals surface area contributed by atoms with Gasteiger partial charge in [-0.1, -0.05) is 24.3 Å². The molecule has 0 bridgehead atoms. The number of carbonyl (C=O) groups is 3. The summed E-state index contributed by atoms with van der Waals surface area (Å²) >= 11 is 0. The Morgan fingerprint density at radius 3 is 2.32 bits per heavy atom. The standard InChI is InChI=1S/C20H20O5/c1-11-15(18(23)20(25-3)19(24-2)17(11)22)16-13(10-21)9-8-12-6-4-5-7-14(12)16/h4-7,10,13,16H,8-9H2,1-3H3. The summed E-state index contributed by atoms with van der Waals surface area (Å²) in [5.41, 5.74) is 2.69. The number of Topliss-reactive ketones (excluding diaryl/α,β-unsaturated/α-hetero) is 2. The Morgan fingerprint density at radius 1 is 1.04 bits per heavy atom. The Balaban J connectivity index is 2.20. The van der Waals surface area contributed by atoms with Gasteiger partial charge in [-0.05, 0) is 30.9 Å². The number of ketones is 2. The molecule has 0 spiro atoms. The summed E-state index contributed by atoms with van der Waals surface area (Å²) in [6.45, 7) is 1.61. The van der Waals surface area contributed by atoms with E-state index in [0.29, 0.717) is 17.6 Å². The summed E-state index contributed by atoms with van der Waals surface area (Å²) in [5, 5.41) is 0. The summed E-state index contributed by atoms with van der Waals surface area (Å²) < 4.78 is 10.3. The number of methoxy groups -OCH3 is 2. The van der Waals surface area contributed by atoms with Gasteiger partial charge in [-0.25, -0.2) is 0 Å². The molecule has 0 N–H and O–H groups in total. The second-order valence-corrected chi connectivity index (χ2v) is 6.28. The van der Waals surface area contributed by atoms with E-state index in [1.807, 2.05) is 24.3 Å². The minimum atomic E-state index is -0.442. The van der Waals surface area contributed by atoms with Crippen molar-refractivity contribution in [2.45, 2.75) is 25.7 Å². The number of aldehydes is 1. The molecule has 0 heterocycles. The molecule has 5 nitrogen and oxygen atoms in total. The zero-order valence-corrected chi connectivity index (χ0v) is 14.5. The summed E-state index contributed by atoms with van der Waals surface area (Å²) in [7, 11) is 2.67. The molecule has 2 unspecified atom stereocenters.